The van der Waals surface area contributed by atoms with E-state index in [9.17, 15) is 4.79 Å². The molecule has 0 aromatic heterocycles. The van der Waals surface area contributed by atoms with Gasteiger partial charge in [-0.25, -0.2) is 0 Å². The number of ketones is 1. The van der Waals surface area contributed by atoms with Crippen LogP contribution in [0.5, 0.6) is 23.0 Å². The fourth-order valence-electron chi connectivity index (χ4n) is 2.40. The van der Waals surface area contributed by atoms with Gasteiger partial charge in [-0.15, -0.1) is 0 Å². The standard InChI is InChI=1S/C18H16O5/c1-20-14-10-15-17(23-11-22-15)18(21-2)16(14)13(19)9-8-12-6-4-3-5-7-12/h3-10H,11H2,1-2H3/b9-8+. The number of ether oxygens (including phenoxy) is 4. The third-order valence-corrected chi connectivity index (χ3v) is 3.48. The third kappa shape index (κ3) is 2.85. The lowest BCUT2D eigenvalue weighted by molar-refractivity contribution is 0.104. The van der Waals surface area contributed by atoms with Crippen molar-refractivity contribution in [3.63, 3.8) is 0 Å². The molecule has 1 aliphatic rings. The predicted octanol–water partition coefficient (Wildman–Crippen LogP) is 3.33. The molecule has 0 saturated heterocycles. The third-order valence-electron chi connectivity index (χ3n) is 3.48. The van der Waals surface area contributed by atoms with Crippen LogP contribution in [0.2, 0.25) is 0 Å². The second-order valence-corrected chi connectivity index (χ2v) is 4.83. The molecular formula is C18H16O5. The van der Waals surface area contributed by atoms with E-state index in [0.717, 1.165) is 5.56 Å². The van der Waals surface area contributed by atoms with Crippen molar-refractivity contribution in [3.05, 3.63) is 53.6 Å². The maximum Gasteiger partial charge on any atom is 0.231 e. The van der Waals surface area contributed by atoms with Gasteiger partial charge in [0.25, 0.3) is 0 Å². The highest BCUT2D eigenvalue weighted by molar-refractivity contribution is 6.11. The Morgan fingerprint density at radius 2 is 1.91 bits per heavy atom. The number of hydrogen-bond donors (Lipinski definition) is 0. The lowest BCUT2D eigenvalue weighted by Crippen LogP contribution is -2.03. The molecule has 1 aliphatic heterocycles. The number of carbonyl (C=O) groups is 1. The monoisotopic (exact) mass is 312 g/mol. The quantitative estimate of drug-likeness (QED) is 0.626. The molecule has 2 aromatic carbocycles. The number of carbonyl (C=O) groups excluding carboxylic acids is 1. The molecule has 0 N–H and O–H groups in total. The minimum absolute atomic E-state index is 0.0896. The summed E-state index contributed by atoms with van der Waals surface area (Å²) in [5.74, 6) is 1.39. The van der Waals surface area contributed by atoms with E-state index in [4.69, 9.17) is 18.9 Å². The molecule has 3 rings (SSSR count). The van der Waals surface area contributed by atoms with E-state index < -0.39 is 0 Å². The van der Waals surface area contributed by atoms with Gasteiger partial charge < -0.3 is 18.9 Å². The zero-order chi connectivity index (χ0) is 16.2. The molecule has 5 nitrogen and oxygen atoms in total. The van der Waals surface area contributed by atoms with Crippen molar-refractivity contribution < 1.29 is 23.7 Å². The van der Waals surface area contributed by atoms with Crippen LogP contribution in [0.1, 0.15) is 15.9 Å². The number of fused-ring (bicyclic) bond motifs is 1. The summed E-state index contributed by atoms with van der Waals surface area (Å²) in [7, 11) is 2.98. The largest absolute Gasteiger partial charge is 0.496 e. The van der Waals surface area contributed by atoms with E-state index in [-0.39, 0.29) is 12.6 Å². The molecule has 0 atom stereocenters. The zero-order valence-corrected chi connectivity index (χ0v) is 12.9. The molecule has 118 valence electrons. The van der Waals surface area contributed by atoms with Gasteiger partial charge in [-0.2, -0.15) is 0 Å². The molecule has 23 heavy (non-hydrogen) atoms. The van der Waals surface area contributed by atoms with Gasteiger partial charge in [0.05, 0.1) is 14.2 Å². The van der Waals surface area contributed by atoms with E-state index in [1.807, 2.05) is 30.3 Å². The minimum Gasteiger partial charge on any atom is -0.496 e. The first-order valence-electron chi connectivity index (χ1n) is 7.06. The van der Waals surface area contributed by atoms with Gasteiger partial charge in [0, 0.05) is 6.07 Å². The molecule has 0 fully saturated rings. The van der Waals surface area contributed by atoms with Crippen molar-refractivity contribution in [2.24, 2.45) is 0 Å². The van der Waals surface area contributed by atoms with Crippen LogP contribution in [0.25, 0.3) is 6.08 Å². The molecule has 0 spiro atoms. The maximum atomic E-state index is 12.6. The van der Waals surface area contributed by atoms with Crippen LogP contribution < -0.4 is 18.9 Å². The van der Waals surface area contributed by atoms with Gasteiger partial charge in [0.2, 0.25) is 12.5 Å². The van der Waals surface area contributed by atoms with Crippen LogP contribution in [-0.2, 0) is 0 Å². The summed E-state index contributed by atoms with van der Waals surface area (Å²) in [4.78, 5) is 12.6. The van der Waals surface area contributed by atoms with Crippen molar-refractivity contribution >= 4 is 11.9 Å². The van der Waals surface area contributed by atoms with Gasteiger partial charge in [-0.05, 0) is 11.6 Å². The molecule has 5 heteroatoms. The molecule has 0 radical (unpaired) electrons. The fraction of sp³-hybridized carbons (Fsp3) is 0.167. The Balaban J connectivity index is 2.01. The Kier molecular flexibility index (Phi) is 4.19. The summed E-state index contributed by atoms with van der Waals surface area (Å²) in [6, 6.07) is 11.2. The summed E-state index contributed by atoms with van der Waals surface area (Å²) in [6.45, 7) is 0.0896. The number of methoxy groups -OCH3 is 2. The molecule has 0 amide bonds. The number of hydrogen-bond acceptors (Lipinski definition) is 5. The van der Waals surface area contributed by atoms with Gasteiger partial charge in [-0.1, -0.05) is 36.4 Å². The average Bonchev–Trinajstić information content (AvgIpc) is 3.07. The Morgan fingerprint density at radius 1 is 1.13 bits per heavy atom. The Morgan fingerprint density at radius 3 is 2.61 bits per heavy atom. The molecular weight excluding hydrogens is 296 g/mol. The molecule has 1 heterocycles. The number of rotatable bonds is 5. The Hall–Kier alpha value is -2.95. The summed E-state index contributed by atoms with van der Waals surface area (Å²) >= 11 is 0. The topological polar surface area (TPSA) is 54.0 Å². The highest BCUT2D eigenvalue weighted by Gasteiger charge is 2.28. The maximum absolute atomic E-state index is 12.6. The summed E-state index contributed by atoms with van der Waals surface area (Å²) < 4.78 is 21.4. The van der Waals surface area contributed by atoms with Crippen LogP contribution in [0.4, 0.5) is 0 Å². The zero-order valence-electron chi connectivity index (χ0n) is 12.9. The fourth-order valence-corrected chi connectivity index (χ4v) is 2.40. The number of benzene rings is 2. The summed E-state index contributed by atoms with van der Waals surface area (Å²) in [6.07, 6.45) is 3.23. The second kappa shape index (κ2) is 6.44. The first-order chi connectivity index (χ1) is 11.2. The smallest absolute Gasteiger partial charge is 0.231 e. The van der Waals surface area contributed by atoms with E-state index in [1.165, 1.54) is 20.3 Å². The van der Waals surface area contributed by atoms with Crippen molar-refractivity contribution in [1.82, 2.24) is 0 Å². The molecule has 0 bridgehead atoms. The van der Waals surface area contributed by atoms with E-state index in [0.29, 0.717) is 28.6 Å². The highest BCUT2D eigenvalue weighted by atomic mass is 16.7. The number of allylic oxidation sites excluding steroid dienone is 1. The predicted molar refractivity (Wildman–Crippen MR) is 85.5 cm³/mol. The Labute approximate surface area is 134 Å². The summed E-state index contributed by atoms with van der Waals surface area (Å²) in [5.41, 5.74) is 1.24. The minimum atomic E-state index is -0.235. The Bertz CT molecular complexity index is 750. The first kappa shape index (κ1) is 15.0. The normalized spacial score (nSPS) is 12.4. The van der Waals surface area contributed by atoms with E-state index in [2.05, 4.69) is 0 Å². The van der Waals surface area contributed by atoms with Crippen LogP contribution in [0.3, 0.4) is 0 Å². The first-order valence-corrected chi connectivity index (χ1v) is 7.06. The second-order valence-electron chi connectivity index (χ2n) is 4.83. The molecule has 0 saturated carbocycles. The van der Waals surface area contributed by atoms with Crippen molar-refractivity contribution in [3.8, 4) is 23.0 Å². The van der Waals surface area contributed by atoms with Crippen LogP contribution in [0.15, 0.2) is 42.5 Å². The van der Waals surface area contributed by atoms with Gasteiger partial charge in [0.15, 0.2) is 17.3 Å². The molecule has 2 aromatic rings. The molecule has 0 unspecified atom stereocenters. The SMILES string of the molecule is COc1cc2c(c(OC)c1C(=O)/C=C/c1ccccc1)OCO2. The van der Waals surface area contributed by atoms with Crippen molar-refractivity contribution in [2.75, 3.05) is 21.0 Å². The van der Waals surface area contributed by atoms with Gasteiger partial charge in [-0.3, -0.25) is 4.79 Å². The van der Waals surface area contributed by atoms with E-state index >= 15 is 0 Å². The molecule has 0 aliphatic carbocycles. The lowest BCUT2D eigenvalue weighted by Gasteiger charge is -2.13. The van der Waals surface area contributed by atoms with Gasteiger partial charge >= 0.3 is 0 Å². The summed E-state index contributed by atoms with van der Waals surface area (Å²) in [5, 5.41) is 0. The lowest BCUT2D eigenvalue weighted by atomic mass is 10.1. The highest BCUT2D eigenvalue weighted by Crippen LogP contribution is 2.47. The average molecular weight is 312 g/mol. The van der Waals surface area contributed by atoms with Crippen molar-refractivity contribution in [2.45, 2.75) is 0 Å². The van der Waals surface area contributed by atoms with Gasteiger partial charge in [0.1, 0.15) is 11.3 Å². The van der Waals surface area contributed by atoms with Crippen LogP contribution in [0, 0.1) is 0 Å². The van der Waals surface area contributed by atoms with Crippen LogP contribution in [-0.4, -0.2) is 26.8 Å². The van der Waals surface area contributed by atoms with Crippen molar-refractivity contribution in [1.29, 1.82) is 0 Å². The van der Waals surface area contributed by atoms with Crippen LogP contribution >= 0.6 is 0 Å². The van der Waals surface area contributed by atoms with E-state index in [1.54, 1.807) is 12.1 Å².